The number of aliphatic hydroxyl groups excluding tert-OH is 8. The van der Waals surface area contributed by atoms with Crippen LogP contribution in [0.4, 0.5) is 0 Å². The van der Waals surface area contributed by atoms with E-state index in [9.17, 15) is 46.0 Å². The lowest BCUT2D eigenvalue weighted by Gasteiger charge is -2.60. The number of fused-ring (bicyclic) bond motifs is 7. The lowest BCUT2D eigenvalue weighted by Crippen LogP contribution is -2.66. The first kappa shape index (κ1) is 46.2. The summed E-state index contributed by atoms with van der Waals surface area (Å²) in [5.41, 5.74) is 0.00555. The van der Waals surface area contributed by atoms with Gasteiger partial charge in [0.2, 0.25) is 0 Å². The smallest absolute Gasteiger partial charge is 0.187 e. The minimum absolute atomic E-state index is 0.0681. The molecule has 0 aromatic heterocycles. The van der Waals surface area contributed by atoms with Crippen LogP contribution in [0.3, 0.4) is 0 Å². The molecule has 9 aliphatic rings. The summed E-state index contributed by atoms with van der Waals surface area (Å²) in [5.74, 6) is 0.809. The van der Waals surface area contributed by atoms with Gasteiger partial charge in [-0.05, 0) is 94.3 Å². The van der Waals surface area contributed by atoms with Gasteiger partial charge in [0.1, 0.15) is 66.6 Å². The van der Waals surface area contributed by atoms with Crippen molar-refractivity contribution in [3.8, 4) is 0 Å². The van der Waals surface area contributed by atoms with Gasteiger partial charge in [-0.25, -0.2) is 0 Å². The predicted molar refractivity (Wildman–Crippen MR) is 214 cm³/mol. The molecule has 17 nitrogen and oxygen atoms in total. The molecule has 0 bridgehead atoms. The van der Waals surface area contributed by atoms with Crippen molar-refractivity contribution in [3.05, 3.63) is 11.6 Å². The van der Waals surface area contributed by atoms with Crippen LogP contribution in [0.1, 0.15) is 99.3 Å². The highest BCUT2D eigenvalue weighted by Crippen LogP contribution is 2.72. The summed E-state index contributed by atoms with van der Waals surface area (Å²) in [6.45, 7) is 12.0. The zero-order valence-corrected chi connectivity index (χ0v) is 36.8. The van der Waals surface area contributed by atoms with Crippen molar-refractivity contribution in [2.24, 2.45) is 40.4 Å². The summed E-state index contributed by atoms with van der Waals surface area (Å²) in [5, 5.41) is 99.0. The van der Waals surface area contributed by atoms with Crippen molar-refractivity contribution in [1.82, 2.24) is 0 Å². The molecular formula is C45H72O17. The third kappa shape index (κ3) is 7.05. The summed E-state index contributed by atoms with van der Waals surface area (Å²) >= 11 is 0. The molecule has 8 fully saturated rings. The predicted octanol–water partition coefficient (Wildman–Crippen LogP) is 0.357. The van der Waals surface area contributed by atoms with Crippen LogP contribution in [0.15, 0.2) is 11.6 Å². The highest BCUT2D eigenvalue weighted by molar-refractivity contribution is 5.29. The number of ether oxygens (including phenoxy) is 8. The molecule has 0 amide bonds. The van der Waals surface area contributed by atoms with Crippen molar-refractivity contribution in [2.75, 3.05) is 13.2 Å². The topological polar surface area (TPSA) is 256 Å². The van der Waals surface area contributed by atoms with E-state index in [-0.39, 0.29) is 29.0 Å². The molecule has 0 unspecified atom stereocenters. The van der Waals surface area contributed by atoms with Crippen LogP contribution >= 0.6 is 0 Å². The van der Waals surface area contributed by atoms with Crippen molar-refractivity contribution < 1.29 is 83.9 Å². The van der Waals surface area contributed by atoms with Crippen LogP contribution in [-0.4, -0.2) is 175 Å². The van der Waals surface area contributed by atoms with E-state index < -0.39 is 110 Å². The van der Waals surface area contributed by atoms with Crippen molar-refractivity contribution in [1.29, 1.82) is 0 Å². The molecule has 4 aliphatic carbocycles. The number of aliphatic hydroxyl groups is 9. The van der Waals surface area contributed by atoms with Gasteiger partial charge in [0.15, 0.2) is 24.7 Å². The summed E-state index contributed by atoms with van der Waals surface area (Å²) < 4.78 is 49.1. The summed E-state index contributed by atoms with van der Waals surface area (Å²) in [6, 6.07) is 0. The molecule has 0 aromatic rings. The quantitative estimate of drug-likeness (QED) is 0.157. The average Bonchev–Trinajstić information content (AvgIpc) is 3.60. The van der Waals surface area contributed by atoms with Gasteiger partial charge in [-0.3, -0.25) is 0 Å². The summed E-state index contributed by atoms with van der Waals surface area (Å²) in [6.07, 6.45) is -12.4. The molecule has 9 N–H and O–H groups in total. The minimum atomic E-state index is -1.74. The Morgan fingerprint density at radius 1 is 0.694 bits per heavy atom. The molecule has 5 saturated heterocycles. The Kier molecular flexibility index (Phi) is 12.4. The second-order valence-corrected chi connectivity index (χ2v) is 21.2. The fraction of sp³-hybridized carbons (Fsp3) is 0.956. The van der Waals surface area contributed by atoms with Gasteiger partial charge in [-0.2, -0.15) is 0 Å². The fourth-order valence-corrected chi connectivity index (χ4v) is 13.9. The van der Waals surface area contributed by atoms with Gasteiger partial charge >= 0.3 is 0 Å². The summed E-state index contributed by atoms with van der Waals surface area (Å²) in [4.78, 5) is 0. The van der Waals surface area contributed by atoms with Gasteiger partial charge < -0.3 is 83.9 Å². The van der Waals surface area contributed by atoms with Gasteiger partial charge in [0.25, 0.3) is 0 Å². The van der Waals surface area contributed by atoms with Gasteiger partial charge in [-0.15, -0.1) is 0 Å². The highest BCUT2D eigenvalue weighted by Gasteiger charge is 2.76. The van der Waals surface area contributed by atoms with Crippen LogP contribution < -0.4 is 0 Å². The van der Waals surface area contributed by atoms with Crippen LogP contribution in [0.2, 0.25) is 0 Å². The van der Waals surface area contributed by atoms with Crippen LogP contribution in [-0.2, 0) is 37.9 Å². The third-order valence-corrected chi connectivity index (χ3v) is 17.9. The van der Waals surface area contributed by atoms with Crippen molar-refractivity contribution >= 4 is 0 Å². The van der Waals surface area contributed by atoms with E-state index in [2.05, 4.69) is 33.8 Å². The number of allylic oxidation sites excluding steroid dienone is 1. The molecule has 5 heterocycles. The molecule has 62 heavy (non-hydrogen) atoms. The maximum atomic E-state index is 12.8. The number of hydrogen-bond donors (Lipinski definition) is 9. The molecule has 0 aromatic carbocycles. The average molecular weight is 885 g/mol. The second kappa shape index (κ2) is 16.7. The first-order valence-electron chi connectivity index (χ1n) is 23.3. The largest absolute Gasteiger partial charge is 0.394 e. The SMILES string of the molecule is C[C@@H]1CC[C@]2(OC1)O[C@@H]1C[C@@H]3[C@H]4CC=C5C[C@@H](O[C@H]6O[C@@H](CO)[C@H](O[C@H]7O[C@@H](C)[C@H](O)[C@@H](O)[C@@H]7O[C@H]7O[C@@H](C)[C@H](O)[C@@H](O)[C@@H]7O)[C@@H](O)[C@@H]6O)CC[C@]5(C)[C@@H]4CC[C@@]3(C)[C@]1(O)[C@H]2C. The Hall–Kier alpha value is -0.940. The highest BCUT2D eigenvalue weighted by atomic mass is 16.8. The molecule has 354 valence electrons. The van der Waals surface area contributed by atoms with E-state index in [1.807, 2.05) is 0 Å². The van der Waals surface area contributed by atoms with Gasteiger partial charge in [0, 0.05) is 17.8 Å². The second-order valence-electron chi connectivity index (χ2n) is 21.2. The molecule has 1 spiro atoms. The molecular weight excluding hydrogens is 812 g/mol. The van der Waals surface area contributed by atoms with E-state index in [4.69, 9.17) is 37.9 Å². The zero-order valence-electron chi connectivity index (χ0n) is 36.8. The monoisotopic (exact) mass is 884 g/mol. The first-order valence-corrected chi connectivity index (χ1v) is 23.3. The number of hydrogen-bond acceptors (Lipinski definition) is 17. The normalized spacial score (nSPS) is 58.9. The molecule has 26 atom stereocenters. The minimum Gasteiger partial charge on any atom is -0.394 e. The zero-order chi connectivity index (χ0) is 44.4. The van der Waals surface area contributed by atoms with E-state index in [1.165, 1.54) is 19.4 Å². The lowest BCUT2D eigenvalue weighted by atomic mass is 9.46. The Labute approximate surface area is 363 Å². The van der Waals surface area contributed by atoms with E-state index >= 15 is 0 Å². The third-order valence-electron chi connectivity index (χ3n) is 17.9. The molecule has 5 aliphatic heterocycles. The van der Waals surface area contributed by atoms with Crippen LogP contribution in [0.5, 0.6) is 0 Å². The van der Waals surface area contributed by atoms with Crippen molar-refractivity contribution in [3.63, 3.8) is 0 Å². The Balaban J connectivity index is 0.851. The molecule has 3 saturated carbocycles. The number of rotatable bonds is 7. The van der Waals surface area contributed by atoms with Crippen LogP contribution in [0, 0.1) is 40.4 Å². The van der Waals surface area contributed by atoms with E-state index in [1.54, 1.807) is 0 Å². The Morgan fingerprint density at radius 3 is 2.03 bits per heavy atom. The lowest BCUT2D eigenvalue weighted by molar-refractivity contribution is -0.386. The molecule has 0 radical (unpaired) electrons. The Bertz CT molecular complexity index is 1640. The van der Waals surface area contributed by atoms with E-state index in [0.29, 0.717) is 43.1 Å². The van der Waals surface area contributed by atoms with Gasteiger partial charge in [-0.1, -0.05) is 39.3 Å². The standard InChI is InChI=1S/C45H72O17/c1-19-9-14-44(55-18-19)22(4)45(54)29(62-44)16-27-25-8-7-23-15-24(10-12-42(23,5)26(25)11-13-43(27,45)6)58-40-36(53)34(51)37(28(17-46)59-40)60-41-38(33(50)31(48)21(3)57-41)61-39-35(52)32(49)30(47)20(2)56-39/h7,19-22,24-41,46-54H,8-18H2,1-6H3/t19-,20+,21+,22+,24+,25+,26-,27-,28+,29-,30+,31+,32-,33-,34+,35+,36+,37+,38+,39-,40+,41-,42+,43-,44+,45+/m1/s1. The van der Waals surface area contributed by atoms with Crippen LogP contribution in [0.25, 0.3) is 0 Å². The first-order chi connectivity index (χ1) is 29.3. The van der Waals surface area contributed by atoms with Gasteiger partial charge in [0.05, 0.1) is 37.6 Å². The molecule has 17 heteroatoms. The maximum Gasteiger partial charge on any atom is 0.187 e. The fourth-order valence-electron chi connectivity index (χ4n) is 13.9. The maximum absolute atomic E-state index is 12.8. The molecule has 9 rings (SSSR count). The Morgan fingerprint density at radius 2 is 1.34 bits per heavy atom. The summed E-state index contributed by atoms with van der Waals surface area (Å²) in [7, 11) is 0. The van der Waals surface area contributed by atoms with E-state index in [0.717, 1.165) is 44.9 Å². The van der Waals surface area contributed by atoms with Crippen molar-refractivity contribution in [2.45, 2.75) is 215 Å².